The fraction of sp³-hybridized carbons (Fsp3) is 0.333. The third-order valence-corrected chi connectivity index (χ3v) is 5.54. The van der Waals surface area contributed by atoms with E-state index in [0.29, 0.717) is 17.9 Å². The van der Waals surface area contributed by atoms with Crippen molar-refractivity contribution in [2.45, 2.75) is 32.2 Å². The van der Waals surface area contributed by atoms with Crippen molar-refractivity contribution in [1.29, 1.82) is 0 Å². The maximum absolute atomic E-state index is 12.8. The number of pyridine rings is 1. The lowest BCUT2D eigenvalue weighted by Crippen LogP contribution is -2.31. The lowest BCUT2D eigenvalue weighted by atomic mass is 9.81. The van der Waals surface area contributed by atoms with E-state index in [1.165, 1.54) is 11.0 Å². The van der Waals surface area contributed by atoms with Crippen LogP contribution in [0.5, 0.6) is 0 Å². The van der Waals surface area contributed by atoms with Crippen molar-refractivity contribution in [3.8, 4) is 0 Å². The Bertz CT molecular complexity index is 905. The summed E-state index contributed by atoms with van der Waals surface area (Å²) in [6.45, 7) is 0.416. The molecule has 1 saturated heterocycles. The summed E-state index contributed by atoms with van der Waals surface area (Å²) in [6, 6.07) is 8.34. The first-order valence-corrected chi connectivity index (χ1v) is 9.44. The fourth-order valence-corrected chi connectivity index (χ4v) is 4.12. The molecule has 1 aromatic heterocycles. The van der Waals surface area contributed by atoms with Gasteiger partial charge in [-0.3, -0.25) is 19.5 Å². The number of carbonyl (C=O) groups is 3. The van der Waals surface area contributed by atoms with E-state index in [4.69, 9.17) is 0 Å². The van der Waals surface area contributed by atoms with Crippen LogP contribution in [0.15, 0.2) is 42.7 Å². The zero-order chi connectivity index (χ0) is 19.7. The summed E-state index contributed by atoms with van der Waals surface area (Å²) in [6.07, 6.45) is 6.72. The average Bonchev–Trinajstić information content (AvgIpc) is 2.98. The molecule has 2 aliphatic rings. The van der Waals surface area contributed by atoms with Gasteiger partial charge in [0.1, 0.15) is 0 Å². The normalized spacial score (nSPS) is 21.5. The van der Waals surface area contributed by atoms with Crippen molar-refractivity contribution >= 4 is 29.2 Å². The number of nitrogens with zero attached hydrogens (tertiary/aromatic N) is 2. The number of carbonyl (C=O) groups excluding carboxylic acids is 2. The predicted octanol–water partition coefficient (Wildman–Crippen LogP) is 3.07. The molecule has 2 N–H and O–H groups in total. The smallest absolute Gasteiger partial charge is 0.337 e. The van der Waals surface area contributed by atoms with Gasteiger partial charge in [0.2, 0.25) is 11.8 Å². The number of anilines is 2. The highest BCUT2D eigenvalue weighted by Crippen LogP contribution is 2.40. The van der Waals surface area contributed by atoms with Crippen LogP contribution in [-0.4, -0.2) is 27.9 Å². The Morgan fingerprint density at radius 1 is 1.14 bits per heavy atom. The summed E-state index contributed by atoms with van der Waals surface area (Å²) >= 11 is 0. The lowest BCUT2D eigenvalue weighted by Gasteiger charge is -2.19. The minimum Gasteiger partial charge on any atom is -0.478 e. The van der Waals surface area contributed by atoms with Crippen molar-refractivity contribution < 1.29 is 19.5 Å². The Morgan fingerprint density at radius 3 is 2.46 bits per heavy atom. The Hall–Kier alpha value is -3.22. The summed E-state index contributed by atoms with van der Waals surface area (Å²) in [7, 11) is 0. The third-order valence-electron chi connectivity index (χ3n) is 5.54. The van der Waals surface area contributed by atoms with Crippen LogP contribution in [0.1, 0.15) is 41.6 Å². The summed E-state index contributed by atoms with van der Waals surface area (Å²) in [5, 5.41) is 12.7. The van der Waals surface area contributed by atoms with Crippen LogP contribution in [0, 0.1) is 11.8 Å². The quantitative estimate of drug-likeness (QED) is 0.775. The molecular weight excluding hydrogens is 358 g/mol. The van der Waals surface area contributed by atoms with Crippen LogP contribution in [0.25, 0.3) is 0 Å². The molecule has 2 atom stereocenters. The molecule has 2 aromatic rings. The number of carboxylic acid groups (broad SMARTS) is 1. The van der Waals surface area contributed by atoms with Crippen LogP contribution in [0.2, 0.25) is 0 Å². The highest BCUT2D eigenvalue weighted by molar-refractivity contribution is 6.22. The zero-order valence-electron chi connectivity index (χ0n) is 15.3. The van der Waals surface area contributed by atoms with Gasteiger partial charge in [-0.2, -0.15) is 0 Å². The van der Waals surface area contributed by atoms with Crippen LogP contribution >= 0.6 is 0 Å². The van der Waals surface area contributed by atoms with Gasteiger partial charge in [-0.05, 0) is 42.7 Å². The van der Waals surface area contributed by atoms with Gasteiger partial charge in [0.15, 0.2) is 0 Å². The molecule has 1 aromatic carbocycles. The summed E-state index contributed by atoms with van der Waals surface area (Å²) < 4.78 is 0. The van der Waals surface area contributed by atoms with E-state index in [1.54, 1.807) is 24.5 Å². The molecule has 28 heavy (non-hydrogen) atoms. The first-order chi connectivity index (χ1) is 13.6. The van der Waals surface area contributed by atoms with Crippen LogP contribution in [0.3, 0.4) is 0 Å². The molecule has 1 saturated carbocycles. The molecule has 0 bridgehead atoms. The predicted molar refractivity (Wildman–Crippen MR) is 103 cm³/mol. The van der Waals surface area contributed by atoms with Gasteiger partial charge in [0, 0.05) is 24.6 Å². The standard InChI is InChI=1S/C21H21N3O4/c25-19-15-5-1-2-6-16(15)20(26)24(19)14-7-8-18(17(10-14)21(27)28)23-12-13-4-3-9-22-11-13/h3-4,7-11,15-16,23H,1-2,5-6,12H2,(H,27,28)/t15-,16-/m0/s1. The minimum absolute atomic E-state index is 0.0249. The number of rotatable bonds is 5. The van der Waals surface area contributed by atoms with Gasteiger partial charge in [-0.15, -0.1) is 0 Å². The molecular formula is C21H21N3O4. The van der Waals surface area contributed by atoms with Gasteiger partial charge in [0.05, 0.1) is 23.1 Å². The number of aromatic nitrogens is 1. The number of fused-ring (bicyclic) bond motifs is 1. The second kappa shape index (κ2) is 7.42. The van der Waals surface area contributed by atoms with E-state index in [2.05, 4.69) is 10.3 Å². The van der Waals surface area contributed by atoms with E-state index < -0.39 is 5.97 Å². The SMILES string of the molecule is O=C(O)c1cc(N2C(=O)[C@H]3CCCC[C@@H]3C2=O)ccc1NCc1cccnc1. The topological polar surface area (TPSA) is 99.6 Å². The van der Waals surface area contributed by atoms with Gasteiger partial charge in [-0.1, -0.05) is 18.9 Å². The maximum Gasteiger partial charge on any atom is 0.337 e. The van der Waals surface area contributed by atoms with E-state index >= 15 is 0 Å². The molecule has 2 amide bonds. The Labute approximate surface area is 162 Å². The molecule has 0 radical (unpaired) electrons. The van der Waals surface area contributed by atoms with Crippen molar-refractivity contribution in [3.63, 3.8) is 0 Å². The number of aromatic carboxylic acids is 1. The van der Waals surface area contributed by atoms with E-state index in [9.17, 15) is 19.5 Å². The molecule has 1 aliphatic carbocycles. The number of carboxylic acids is 1. The van der Waals surface area contributed by atoms with Gasteiger partial charge in [-0.25, -0.2) is 4.79 Å². The van der Waals surface area contributed by atoms with Crippen molar-refractivity contribution in [3.05, 3.63) is 53.9 Å². The molecule has 2 fully saturated rings. The Kier molecular flexibility index (Phi) is 4.81. The average molecular weight is 379 g/mol. The first-order valence-electron chi connectivity index (χ1n) is 9.44. The molecule has 0 spiro atoms. The number of nitrogens with one attached hydrogen (secondary N) is 1. The van der Waals surface area contributed by atoms with Crippen molar-refractivity contribution in [2.75, 3.05) is 10.2 Å². The van der Waals surface area contributed by atoms with Gasteiger partial charge >= 0.3 is 5.97 Å². The Balaban J connectivity index is 1.60. The first kappa shape index (κ1) is 18.2. The van der Waals surface area contributed by atoms with E-state index in [-0.39, 0.29) is 29.2 Å². The van der Waals surface area contributed by atoms with Crippen LogP contribution in [0.4, 0.5) is 11.4 Å². The fourth-order valence-electron chi connectivity index (χ4n) is 4.12. The minimum atomic E-state index is -1.12. The second-order valence-corrected chi connectivity index (χ2v) is 7.26. The molecule has 0 unspecified atom stereocenters. The number of amides is 2. The number of imide groups is 1. The van der Waals surface area contributed by atoms with Crippen molar-refractivity contribution in [2.24, 2.45) is 11.8 Å². The van der Waals surface area contributed by atoms with Gasteiger partial charge < -0.3 is 10.4 Å². The molecule has 144 valence electrons. The van der Waals surface area contributed by atoms with Crippen LogP contribution < -0.4 is 10.2 Å². The Morgan fingerprint density at radius 2 is 1.86 bits per heavy atom. The van der Waals surface area contributed by atoms with E-state index in [0.717, 1.165) is 31.2 Å². The zero-order valence-corrected chi connectivity index (χ0v) is 15.3. The highest BCUT2D eigenvalue weighted by Gasteiger charge is 2.48. The highest BCUT2D eigenvalue weighted by atomic mass is 16.4. The molecule has 1 aliphatic heterocycles. The maximum atomic E-state index is 12.8. The molecule has 7 heteroatoms. The number of hydrogen-bond acceptors (Lipinski definition) is 5. The largest absolute Gasteiger partial charge is 0.478 e. The summed E-state index contributed by atoms with van der Waals surface area (Å²) in [4.78, 5) is 42.5. The van der Waals surface area contributed by atoms with E-state index in [1.807, 2.05) is 12.1 Å². The summed E-state index contributed by atoms with van der Waals surface area (Å²) in [5.41, 5.74) is 1.69. The molecule has 4 rings (SSSR count). The van der Waals surface area contributed by atoms with Crippen molar-refractivity contribution in [1.82, 2.24) is 4.98 Å². The second-order valence-electron chi connectivity index (χ2n) is 7.26. The number of hydrogen-bond donors (Lipinski definition) is 2. The monoisotopic (exact) mass is 379 g/mol. The molecule has 2 heterocycles. The summed E-state index contributed by atoms with van der Waals surface area (Å²) in [5.74, 6) is -2.06. The van der Waals surface area contributed by atoms with Gasteiger partial charge in [0.25, 0.3) is 0 Å². The lowest BCUT2D eigenvalue weighted by molar-refractivity contribution is -0.122. The van der Waals surface area contributed by atoms with Crippen LogP contribution in [-0.2, 0) is 16.1 Å². The number of benzene rings is 1. The third kappa shape index (κ3) is 3.24. The molecule has 7 nitrogen and oxygen atoms in total.